The fourth-order valence-corrected chi connectivity index (χ4v) is 3.13. The Bertz CT molecular complexity index is 980. The van der Waals surface area contributed by atoms with Gasteiger partial charge in [-0.1, -0.05) is 18.5 Å². The Morgan fingerprint density at radius 3 is 2.76 bits per heavy atom. The first-order chi connectivity index (χ1) is 13.8. The van der Waals surface area contributed by atoms with Crippen molar-refractivity contribution in [1.29, 1.82) is 0 Å². The summed E-state index contributed by atoms with van der Waals surface area (Å²) in [5.74, 6) is -0.268. The Morgan fingerprint density at radius 2 is 2.10 bits per heavy atom. The number of carbonyl (C=O) groups excluding carboxylic acids is 2. The minimum atomic E-state index is -0.780. The Labute approximate surface area is 171 Å². The number of nitro benzene ring substituents is 1. The zero-order valence-corrected chi connectivity index (χ0v) is 16.4. The molecule has 2 amide bonds. The number of anilines is 2. The lowest BCUT2D eigenvalue weighted by Gasteiger charge is -2.33. The van der Waals surface area contributed by atoms with Crippen molar-refractivity contribution in [3.8, 4) is 11.5 Å². The Hall–Kier alpha value is -3.33. The molecule has 0 aromatic heterocycles. The van der Waals surface area contributed by atoms with Crippen LogP contribution in [0.3, 0.4) is 0 Å². The summed E-state index contributed by atoms with van der Waals surface area (Å²) in [7, 11) is 1.45. The molecule has 0 spiro atoms. The molecule has 0 saturated carbocycles. The van der Waals surface area contributed by atoms with Gasteiger partial charge in [0.25, 0.3) is 11.6 Å². The van der Waals surface area contributed by atoms with Crippen LogP contribution in [0.5, 0.6) is 11.5 Å². The third-order valence-corrected chi connectivity index (χ3v) is 4.60. The van der Waals surface area contributed by atoms with Crippen molar-refractivity contribution in [2.24, 2.45) is 0 Å². The van der Waals surface area contributed by atoms with E-state index >= 15 is 0 Å². The molecule has 9 nitrogen and oxygen atoms in total. The molecule has 1 aliphatic rings. The van der Waals surface area contributed by atoms with Crippen LogP contribution in [0.1, 0.15) is 13.3 Å². The number of amides is 2. The molecule has 2 aromatic rings. The Morgan fingerprint density at radius 1 is 1.34 bits per heavy atom. The molecular formula is C19H18ClN3O6. The van der Waals surface area contributed by atoms with Gasteiger partial charge < -0.3 is 14.8 Å². The molecule has 0 bridgehead atoms. The molecular weight excluding hydrogens is 402 g/mol. The van der Waals surface area contributed by atoms with E-state index in [1.165, 1.54) is 36.3 Å². The van der Waals surface area contributed by atoms with E-state index in [0.717, 1.165) is 0 Å². The van der Waals surface area contributed by atoms with Crippen LogP contribution in [-0.2, 0) is 9.59 Å². The molecule has 1 aliphatic heterocycles. The molecule has 152 valence electrons. The highest BCUT2D eigenvalue weighted by molar-refractivity contribution is 6.31. The smallest absolute Gasteiger partial charge is 0.271 e. The maximum atomic E-state index is 12.8. The minimum absolute atomic E-state index is 0.169. The van der Waals surface area contributed by atoms with E-state index in [2.05, 4.69) is 5.32 Å². The van der Waals surface area contributed by atoms with E-state index in [9.17, 15) is 19.7 Å². The van der Waals surface area contributed by atoms with Crippen molar-refractivity contribution in [1.82, 2.24) is 0 Å². The number of rotatable bonds is 6. The lowest BCUT2D eigenvalue weighted by Crippen LogP contribution is -2.48. The van der Waals surface area contributed by atoms with Crippen LogP contribution in [0.25, 0.3) is 0 Å². The molecule has 1 atom stereocenters. The Balaban J connectivity index is 1.90. The van der Waals surface area contributed by atoms with Gasteiger partial charge in [-0.3, -0.25) is 24.6 Å². The maximum Gasteiger partial charge on any atom is 0.271 e. The number of non-ortho nitro benzene ring substituents is 1. The van der Waals surface area contributed by atoms with Crippen LogP contribution in [0.4, 0.5) is 17.1 Å². The average Bonchev–Trinajstić information content (AvgIpc) is 2.69. The number of carbonyl (C=O) groups is 2. The molecule has 2 aromatic carbocycles. The third-order valence-electron chi connectivity index (χ3n) is 4.36. The second kappa shape index (κ2) is 8.36. The van der Waals surface area contributed by atoms with Crippen LogP contribution in [0, 0.1) is 10.1 Å². The molecule has 1 unspecified atom stereocenters. The molecule has 10 heteroatoms. The summed E-state index contributed by atoms with van der Waals surface area (Å²) in [4.78, 5) is 37.1. The van der Waals surface area contributed by atoms with Crippen molar-refractivity contribution < 1.29 is 24.0 Å². The number of nitro groups is 1. The predicted octanol–water partition coefficient (Wildman–Crippen LogP) is 3.40. The van der Waals surface area contributed by atoms with Crippen molar-refractivity contribution in [3.05, 3.63) is 51.5 Å². The third kappa shape index (κ3) is 4.24. The SMILES string of the molecule is CCC1Oc2ccc([N+](=O)[O-])cc2N(CC(=O)Nc2cc(Cl)ccc2OC)C1=O. The number of halogens is 1. The van der Waals surface area contributed by atoms with E-state index in [-0.39, 0.29) is 17.9 Å². The van der Waals surface area contributed by atoms with Crippen LogP contribution >= 0.6 is 11.6 Å². The van der Waals surface area contributed by atoms with Gasteiger partial charge in [0.1, 0.15) is 18.0 Å². The number of nitrogens with zero attached hydrogens (tertiary/aromatic N) is 2. The number of benzene rings is 2. The van der Waals surface area contributed by atoms with Crippen molar-refractivity contribution >= 4 is 40.5 Å². The highest BCUT2D eigenvalue weighted by Gasteiger charge is 2.35. The molecule has 3 rings (SSSR count). The first-order valence-corrected chi connectivity index (χ1v) is 9.11. The van der Waals surface area contributed by atoms with Gasteiger partial charge in [0.2, 0.25) is 5.91 Å². The summed E-state index contributed by atoms with van der Waals surface area (Å²) in [5, 5.41) is 14.2. The summed E-state index contributed by atoms with van der Waals surface area (Å²) in [6.07, 6.45) is -0.396. The van der Waals surface area contributed by atoms with Crippen molar-refractivity contribution in [2.75, 3.05) is 23.9 Å². The van der Waals surface area contributed by atoms with E-state index in [1.807, 2.05) is 0 Å². The van der Waals surface area contributed by atoms with E-state index < -0.39 is 22.8 Å². The number of ether oxygens (including phenoxy) is 2. The summed E-state index contributed by atoms with van der Waals surface area (Å²) in [6, 6.07) is 8.66. The fraction of sp³-hybridized carbons (Fsp3) is 0.263. The predicted molar refractivity (Wildman–Crippen MR) is 107 cm³/mol. The summed E-state index contributed by atoms with van der Waals surface area (Å²) in [5.41, 5.74) is 0.302. The van der Waals surface area contributed by atoms with E-state index in [1.54, 1.807) is 19.1 Å². The first-order valence-electron chi connectivity index (χ1n) is 8.74. The summed E-state index contributed by atoms with van der Waals surface area (Å²) < 4.78 is 10.8. The largest absolute Gasteiger partial charge is 0.495 e. The molecule has 0 fully saturated rings. The molecule has 0 aliphatic carbocycles. The molecule has 1 heterocycles. The first kappa shape index (κ1) is 20.4. The van der Waals surface area contributed by atoms with Gasteiger partial charge in [-0.2, -0.15) is 0 Å². The second-order valence-electron chi connectivity index (χ2n) is 6.24. The van der Waals surface area contributed by atoms with Gasteiger partial charge in [-0.15, -0.1) is 0 Å². The van der Waals surface area contributed by atoms with Crippen molar-refractivity contribution in [2.45, 2.75) is 19.4 Å². The van der Waals surface area contributed by atoms with Crippen molar-refractivity contribution in [3.63, 3.8) is 0 Å². The highest BCUT2D eigenvalue weighted by atomic mass is 35.5. The van der Waals surface area contributed by atoms with Gasteiger partial charge in [-0.05, 0) is 30.7 Å². The number of hydrogen-bond acceptors (Lipinski definition) is 6. The van der Waals surface area contributed by atoms with Gasteiger partial charge in [0.15, 0.2) is 6.10 Å². The zero-order valence-electron chi connectivity index (χ0n) is 15.7. The normalized spacial score (nSPS) is 15.3. The Kier molecular flexibility index (Phi) is 5.88. The van der Waals surface area contributed by atoms with Gasteiger partial charge in [-0.25, -0.2) is 0 Å². The molecule has 1 N–H and O–H groups in total. The average molecular weight is 420 g/mol. The summed E-state index contributed by atoms with van der Waals surface area (Å²) in [6.45, 7) is 1.41. The minimum Gasteiger partial charge on any atom is -0.495 e. The van der Waals surface area contributed by atoms with Crippen LogP contribution in [-0.4, -0.2) is 36.5 Å². The molecule has 0 radical (unpaired) electrons. The lowest BCUT2D eigenvalue weighted by molar-refractivity contribution is -0.384. The topological polar surface area (TPSA) is 111 Å². The van der Waals surface area contributed by atoms with Crippen LogP contribution < -0.4 is 19.7 Å². The van der Waals surface area contributed by atoms with E-state index in [0.29, 0.717) is 28.6 Å². The fourth-order valence-electron chi connectivity index (χ4n) is 2.96. The maximum absolute atomic E-state index is 12.8. The van der Waals surface area contributed by atoms with Crippen LogP contribution in [0.2, 0.25) is 5.02 Å². The quantitative estimate of drug-likeness (QED) is 0.567. The summed E-state index contributed by atoms with van der Waals surface area (Å²) >= 11 is 5.97. The van der Waals surface area contributed by atoms with Gasteiger partial charge in [0.05, 0.1) is 23.4 Å². The number of fused-ring (bicyclic) bond motifs is 1. The standard InChI is InChI=1S/C19H18ClN3O6/c1-3-15-19(25)22(14-9-12(23(26)27)5-7-17(14)29-15)10-18(24)21-13-8-11(20)4-6-16(13)28-2/h4-9,15H,3,10H2,1-2H3,(H,21,24). The lowest BCUT2D eigenvalue weighted by atomic mass is 10.1. The zero-order chi connectivity index (χ0) is 21.1. The van der Waals surface area contributed by atoms with Crippen LogP contribution in [0.15, 0.2) is 36.4 Å². The monoisotopic (exact) mass is 419 g/mol. The number of hydrogen-bond donors (Lipinski definition) is 1. The second-order valence-corrected chi connectivity index (χ2v) is 6.68. The number of nitrogens with one attached hydrogen (secondary N) is 1. The molecule has 0 saturated heterocycles. The number of methoxy groups -OCH3 is 1. The van der Waals surface area contributed by atoms with E-state index in [4.69, 9.17) is 21.1 Å². The molecule has 29 heavy (non-hydrogen) atoms. The highest BCUT2D eigenvalue weighted by Crippen LogP contribution is 2.37. The van der Waals surface area contributed by atoms with Gasteiger partial charge >= 0.3 is 0 Å². The van der Waals surface area contributed by atoms with Gasteiger partial charge in [0, 0.05) is 17.2 Å².